The van der Waals surface area contributed by atoms with Gasteiger partial charge >= 0.3 is 0 Å². The molecule has 2 unspecified atom stereocenters. The third kappa shape index (κ3) is 2.73. The largest absolute Gasteiger partial charge is 0.390 e. The van der Waals surface area contributed by atoms with E-state index >= 15 is 0 Å². The van der Waals surface area contributed by atoms with E-state index in [1.165, 1.54) is 6.92 Å². The number of aliphatic hydroxyl groups excluding tert-OH is 3. The van der Waals surface area contributed by atoms with Crippen LogP contribution in [0, 0.1) is 5.92 Å². The van der Waals surface area contributed by atoms with E-state index in [4.69, 9.17) is 10.2 Å². The minimum atomic E-state index is -1.36. The molecule has 0 bridgehead atoms. The molecule has 0 radical (unpaired) electrons. The van der Waals surface area contributed by atoms with E-state index in [0.29, 0.717) is 6.29 Å². The SMILES string of the molecule is C=C[C@@H](O)[C@H](O)C(O)C(C)C=O. The fraction of sp³-hybridized carbons (Fsp3) is 0.625. The summed E-state index contributed by atoms with van der Waals surface area (Å²) < 4.78 is 0. The third-order valence-electron chi connectivity index (χ3n) is 1.69. The lowest BCUT2D eigenvalue weighted by Crippen LogP contribution is -2.40. The number of hydrogen-bond acceptors (Lipinski definition) is 4. The van der Waals surface area contributed by atoms with Crippen LogP contribution in [0.15, 0.2) is 12.7 Å². The van der Waals surface area contributed by atoms with Crippen LogP contribution in [0.3, 0.4) is 0 Å². The van der Waals surface area contributed by atoms with Crippen LogP contribution < -0.4 is 0 Å². The molecule has 0 rings (SSSR count). The van der Waals surface area contributed by atoms with E-state index in [9.17, 15) is 9.90 Å². The highest BCUT2D eigenvalue weighted by Crippen LogP contribution is 2.08. The number of aldehydes is 1. The van der Waals surface area contributed by atoms with Gasteiger partial charge in [0, 0.05) is 5.92 Å². The summed E-state index contributed by atoms with van der Waals surface area (Å²) in [4.78, 5) is 10.2. The van der Waals surface area contributed by atoms with Crippen molar-refractivity contribution in [2.45, 2.75) is 25.2 Å². The molecule has 0 spiro atoms. The molecular weight excluding hydrogens is 160 g/mol. The monoisotopic (exact) mass is 174 g/mol. The van der Waals surface area contributed by atoms with Gasteiger partial charge in [0.2, 0.25) is 0 Å². The molecule has 0 fully saturated rings. The maximum absolute atomic E-state index is 10.2. The maximum atomic E-state index is 10.2. The Bertz CT molecular complexity index is 139. The Labute approximate surface area is 71.1 Å². The highest BCUT2D eigenvalue weighted by Gasteiger charge is 2.26. The van der Waals surface area contributed by atoms with Crippen LogP contribution >= 0.6 is 0 Å². The predicted molar refractivity (Wildman–Crippen MR) is 43.4 cm³/mol. The zero-order valence-corrected chi connectivity index (χ0v) is 6.92. The van der Waals surface area contributed by atoms with E-state index in [1.54, 1.807) is 0 Å². The summed E-state index contributed by atoms with van der Waals surface area (Å²) >= 11 is 0. The van der Waals surface area contributed by atoms with Gasteiger partial charge in [0.25, 0.3) is 0 Å². The molecule has 0 saturated carbocycles. The van der Waals surface area contributed by atoms with Crippen molar-refractivity contribution >= 4 is 6.29 Å². The lowest BCUT2D eigenvalue weighted by molar-refractivity contribution is -0.119. The molecular formula is C8H14O4. The minimum absolute atomic E-state index is 0.518. The number of aliphatic hydroxyl groups is 3. The first-order chi connectivity index (χ1) is 5.54. The van der Waals surface area contributed by atoms with Gasteiger partial charge in [-0.25, -0.2) is 0 Å². The maximum Gasteiger partial charge on any atom is 0.125 e. The molecule has 0 aliphatic rings. The molecule has 0 aliphatic carbocycles. The van der Waals surface area contributed by atoms with Crippen LogP contribution in [-0.4, -0.2) is 39.9 Å². The van der Waals surface area contributed by atoms with E-state index in [0.717, 1.165) is 6.08 Å². The highest BCUT2D eigenvalue weighted by atomic mass is 16.4. The second kappa shape index (κ2) is 5.03. The summed E-state index contributed by atoms with van der Waals surface area (Å²) in [5, 5.41) is 27.4. The number of hydrogen-bond donors (Lipinski definition) is 3. The van der Waals surface area contributed by atoms with Gasteiger partial charge in [-0.1, -0.05) is 13.0 Å². The van der Waals surface area contributed by atoms with Crippen molar-refractivity contribution < 1.29 is 20.1 Å². The predicted octanol–water partition coefficient (Wildman–Crippen LogP) is -0.910. The van der Waals surface area contributed by atoms with E-state index in [1.807, 2.05) is 0 Å². The van der Waals surface area contributed by atoms with Crippen LogP contribution in [0.4, 0.5) is 0 Å². The van der Waals surface area contributed by atoms with Gasteiger partial charge < -0.3 is 20.1 Å². The molecule has 0 aliphatic heterocycles. The van der Waals surface area contributed by atoms with Crippen LogP contribution in [-0.2, 0) is 4.79 Å². The van der Waals surface area contributed by atoms with Crippen molar-refractivity contribution in [1.82, 2.24) is 0 Å². The van der Waals surface area contributed by atoms with Gasteiger partial charge in [0.1, 0.15) is 18.5 Å². The molecule has 70 valence electrons. The molecule has 4 heteroatoms. The van der Waals surface area contributed by atoms with Gasteiger partial charge in [-0.05, 0) is 0 Å². The molecule has 12 heavy (non-hydrogen) atoms. The zero-order chi connectivity index (χ0) is 9.72. The molecule has 4 nitrogen and oxygen atoms in total. The lowest BCUT2D eigenvalue weighted by atomic mass is 9.98. The topological polar surface area (TPSA) is 77.8 Å². The van der Waals surface area contributed by atoms with Crippen molar-refractivity contribution in [1.29, 1.82) is 0 Å². The van der Waals surface area contributed by atoms with E-state index in [-0.39, 0.29) is 0 Å². The quantitative estimate of drug-likeness (QED) is 0.372. The molecule has 0 amide bonds. The normalized spacial score (nSPS) is 20.7. The fourth-order valence-electron chi connectivity index (χ4n) is 0.733. The first-order valence-electron chi connectivity index (χ1n) is 3.66. The Hall–Kier alpha value is -0.710. The second-order valence-electron chi connectivity index (χ2n) is 2.70. The van der Waals surface area contributed by atoms with Crippen LogP contribution in [0.25, 0.3) is 0 Å². The Morgan fingerprint density at radius 1 is 1.25 bits per heavy atom. The first-order valence-corrected chi connectivity index (χ1v) is 3.66. The minimum Gasteiger partial charge on any atom is -0.390 e. The molecule has 4 atom stereocenters. The third-order valence-corrected chi connectivity index (χ3v) is 1.69. The second-order valence-corrected chi connectivity index (χ2v) is 2.70. The van der Waals surface area contributed by atoms with Crippen molar-refractivity contribution in [2.24, 2.45) is 5.92 Å². The van der Waals surface area contributed by atoms with Crippen molar-refractivity contribution in [3.63, 3.8) is 0 Å². The number of rotatable bonds is 5. The Balaban J connectivity index is 4.16. The Morgan fingerprint density at radius 3 is 2.08 bits per heavy atom. The molecule has 3 N–H and O–H groups in total. The molecule has 0 saturated heterocycles. The van der Waals surface area contributed by atoms with E-state index in [2.05, 4.69) is 6.58 Å². The van der Waals surface area contributed by atoms with Gasteiger partial charge in [0.05, 0.1) is 6.10 Å². The highest BCUT2D eigenvalue weighted by molar-refractivity contribution is 5.53. The van der Waals surface area contributed by atoms with Crippen molar-refractivity contribution in [3.05, 3.63) is 12.7 Å². The summed E-state index contributed by atoms with van der Waals surface area (Å²) in [5.74, 6) is -0.699. The summed E-state index contributed by atoms with van der Waals surface area (Å²) in [6.07, 6.45) is -2.20. The van der Waals surface area contributed by atoms with Gasteiger partial charge in [-0.3, -0.25) is 0 Å². The number of carbonyl (C=O) groups excluding carboxylic acids is 1. The average molecular weight is 174 g/mol. The smallest absolute Gasteiger partial charge is 0.125 e. The molecule has 0 heterocycles. The summed E-state index contributed by atoms with van der Waals surface area (Å²) in [6.45, 7) is 4.69. The van der Waals surface area contributed by atoms with Crippen molar-refractivity contribution in [2.75, 3.05) is 0 Å². The van der Waals surface area contributed by atoms with E-state index < -0.39 is 24.2 Å². The number of carbonyl (C=O) groups is 1. The average Bonchev–Trinajstić information content (AvgIpc) is 2.12. The fourth-order valence-corrected chi connectivity index (χ4v) is 0.733. The Morgan fingerprint density at radius 2 is 1.75 bits per heavy atom. The molecule has 0 aromatic carbocycles. The van der Waals surface area contributed by atoms with Crippen molar-refractivity contribution in [3.8, 4) is 0 Å². The summed E-state index contributed by atoms with van der Waals surface area (Å²) in [5.41, 5.74) is 0. The van der Waals surface area contributed by atoms with Gasteiger partial charge in [-0.2, -0.15) is 0 Å². The first kappa shape index (κ1) is 11.3. The summed E-state index contributed by atoms with van der Waals surface area (Å²) in [6, 6.07) is 0. The Kier molecular flexibility index (Phi) is 4.73. The molecule has 0 aromatic heterocycles. The summed E-state index contributed by atoms with van der Waals surface area (Å²) in [7, 11) is 0. The standard InChI is InChI=1S/C8H14O4/c1-3-6(10)8(12)7(11)5(2)4-9/h3-8,10-12H,1H2,2H3/t5?,6-,7?,8+/m1/s1. The van der Waals surface area contributed by atoms with Crippen LogP contribution in [0.2, 0.25) is 0 Å². The lowest BCUT2D eigenvalue weighted by Gasteiger charge is -2.22. The van der Waals surface area contributed by atoms with Gasteiger partial charge in [0.15, 0.2) is 0 Å². The zero-order valence-electron chi connectivity index (χ0n) is 6.92. The van der Waals surface area contributed by atoms with Crippen LogP contribution in [0.5, 0.6) is 0 Å². The molecule has 0 aromatic rings. The van der Waals surface area contributed by atoms with Crippen LogP contribution in [0.1, 0.15) is 6.92 Å². The van der Waals surface area contributed by atoms with Gasteiger partial charge in [-0.15, -0.1) is 6.58 Å².